The molecule has 1 aromatic heterocycles. The second kappa shape index (κ2) is 5.01. The lowest BCUT2D eigenvalue weighted by Gasteiger charge is -1.94. The molecule has 88 valence electrons. The molecule has 1 N–H and O–H groups in total. The van der Waals surface area contributed by atoms with E-state index in [1.165, 1.54) is 0 Å². The van der Waals surface area contributed by atoms with Crippen LogP contribution in [0.5, 0.6) is 0 Å². The molecule has 0 amide bonds. The molecule has 0 aliphatic carbocycles. The lowest BCUT2D eigenvalue weighted by molar-refractivity contribution is -0.133. The maximum absolute atomic E-state index is 10.4. The number of aryl methyl sites for hydroxylation is 1. The molecule has 2 aromatic rings. The fraction of sp³-hybridized carbons (Fsp3) is 0.182. The van der Waals surface area contributed by atoms with E-state index in [0.29, 0.717) is 5.82 Å². The van der Waals surface area contributed by atoms with Crippen LogP contribution >= 0.6 is 11.8 Å². The molecule has 2 rings (SSSR count). The fourth-order valence-electron chi connectivity index (χ4n) is 1.29. The second-order valence-corrected chi connectivity index (χ2v) is 4.36. The van der Waals surface area contributed by atoms with Crippen molar-refractivity contribution in [3.63, 3.8) is 0 Å². The Morgan fingerprint density at radius 3 is 3.06 bits per heavy atom. The average Bonchev–Trinajstić information content (AvgIpc) is 2.75. The van der Waals surface area contributed by atoms with Gasteiger partial charge in [0.25, 0.3) is 5.22 Å². The lowest BCUT2D eigenvalue weighted by Crippen LogP contribution is -1.97. The summed E-state index contributed by atoms with van der Waals surface area (Å²) >= 11 is 1.01. The second-order valence-electron chi connectivity index (χ2n) is 3.44. The van der Waals surface area contributed by atoms with E-state index >= 15 is 0 Å². The molecule has 0 spiro atoms. The van der Waals surface area contributed by atoms with Crippen molar-refractivity contribution in [3.8, 4) is 11.4 Å². The highest BCUT2D eigenvalue weighted by Crippen LogP contribution is 2.21. The van der Waals surface area contributed by atoms with E-state index in [4.69, 9.17) is 9.63 Å². The first-order valence-electron chi connectivity index (χ1n) is 4.90. The molecule has 0 aliphatic rings. The Morgan fingerprint density at radius 1 is 1.53 bits per heavy atom. The van der Waals surface area contributed by atoms with Crippen molar-refractivity contribution >= 4 is 17.7 Å². The van der Waals surface area contributed by atoms with Gasteiger partial charge in [0.05, 0.1) is 0 Å². The SMILES string of the molecule is Cc1cccc(-c2noc(SCC(=O)O)n2)c1. The molecule has 0 aliphatic heterocycles. The molecule has 5 nitrogen and oxygen atoms in total. The van der Waals surface area contributed by atoms with E-state index in [1.54, 1.807) is 0 Å². The molecular weight excluding hydrogens is 240 g/mol. The predicted octanol–water partition coefficient (Wildman–Crippen LogP) is 2.22. The Morgan fingerprint density at radius 2 is 2.35 bits per heavy atom. The zero-order valence-corrected chi connectivity index (χ0v) is 9.90. The zero-order chi connectivity index (χ0) is 12.3. The van der Waals surface area contributed by atoms with E-state index in [1.807, 2.05) is 31.2 Å². The lowest BCUT2D eigenvalue weighted by atomic mass is 10.1. The third kappa shape index (κ3) is 3.07. The number of hydrogen-bond acceptors (Lipinski definition) is 5. The summed E-state index contributed by atoms with van der Waals surface area (Å²) in [7, 11) is 0. The fourth-order valence-corrected chi connectivity index (χ4v) is 1.78. The van der Waals surface area contributed by atoms with E-state index in [9.17, 15) is 4.79 Å². The molecule has 17 heavy (non-hydrogen) atoms. The van der Waals surface area contributed by atoms with Crippen LogP contribution in [0.3, 0.4) is 0 Å². The van der Waals surface area contributed by atoms with Gasteiger partial charge in [0.2, 0.25) is 5.82 Å². The molecule has 0 fully saturated rings. The highest BCUT2D eigenvalue weighted by Gasteiger charge is 2.10. The van der Waals surface area contributed by atoms with Crippen LogP contribution in [0.25, 0.3) is 11.4 Å². The van der Waals surface area contributed by atoms with Crippen molar-refractivity contribution in [3.05, 3.63) is 29.8 Å². The van der Waals surface area contributed by atoms with Crippen LogP contribution in [0.2, 0.25) is 0 Å². The molecule has 0 unspecified atom stereocenters. The molecule has 6 heteroatoms. The van der Waals surface area contributed by atoms with Crippen molar-refractivity contribution < 1.29 is 14.4 Å². The summed E-state index contributed by atoms with van der Waals surface area (Å²) in [4.78, 5) is 14.5. The largest absolute Gasteiger partial charge is 0.481 e. The van der Waals surface area contributed by atoms with Gasteiger partial charge < -0.3 is 9.63 Å². The summed E-state index contributed by atoms with van der Waals surface area (Å²) in [5.74, 6) is -0.526. The molecule has 0 saturated heterocycles. The van der Waals surface area contributed by atoms with Gasteiger partial charge in [-0.05, 0) is 13.0 Å². The van der Waals surface area contributed by atoms with Crippen molar-refractivity contribution in [2.75, 3.05) is 5.75 Å². The summed E-state index contributed by atoms with van der Waals surface area (Å²) in [5.41, 5.74) is 1.96. The molecular formula is C11H10N2O3S. The number of carbonyl (C=O) groups is 1. The number of carboxylic acids is 1. The molecule has 0 bridgehead atoms. The summed E-state index contributed by atoms with van der Waals surface area (Å²) in [6, 6.07) is 7.70. The minimum Gasteiger partial charge on any atom is -0.481 e. The van der Waals surface area contributed by atoms with E-state index < -0.39 is 5.97 Å². The first-order valence-corrected chi connectivity index (χ1v) is 5.89. The van der Waals surface area contributed by atoms with Crippen LogP contribution in [0.4, 0.5) is 0 Å². The molecule has 0 atom stereocenters. The predicted molar refractivity (Wildman–Crippen MR) is 62.8 cm³/mol. The number of aromatic nitrogens is 2. The Labute approximate surface area is 102 Å². The van der Waals surface area contributed by atoms with E-state index in [-0.39, 0.29) is 11.0 Å². The van der Waals surface area contributed by atoms with Gasteiger partial charge in [-0.3, -0.25) is 4.79 Å². The van der Waals surface area contributed by atoms with Crippen molar-refractivity contribution in [1.82, 2.24) is 10.1 Å². The standard InChI is InChI=1S/C11H10N2O3S/c1-7-3-2-4-8(5-7)10-12-11(16-13-10)17-6-9(14)15/h2-5H,6H2,1H3,(H,14,15). The van der Waals surface area contributed by atoms with Gasteiger partial charge in [0, 0.05) is 5.56 Å². The van der Waals surface area contributed by atoms with Crippen molar-refractivity contribution in [2.24, 2.45) is 0 Å². The van der Waals surface area contributed by atoms with Gasteiger partial charge in [-0.15, -0.1) is 0 Å². The normalized spacial score (nSPS) is 10.4. The minimum absolute atomic E-state index is 0.0878. The van der Waals surface area contributed by atoms with E-state index in [2.05, 4.69) is 10.1 Å². The first kappa shape index (κ1) is 11.7. The maximum atomic E-state index is 10.4. The van der Waals surface area contributed by atoms with Crippen LogP contribution < -0.4 is 0 Å². The van der Waals surface area contributed by atoms with Gasteiger partial charge in [0.15, 0.2) is 0 Å². The highest BCUT2D eigenvalue weighted by atomic mass is 32.2. The summed E-state index contributed by atoms with van der Waals surface area (Å²) in [5, 5.41) is 12.6. The number of rotatable bonds is 4. The average molecular weight is 250 g/mol. The minimum atomic E-state index is -0.912. The third-order valence-electron chi connectivity index (χ3n) is 2.00. The van der Waals surface area contributed by atoms with Crippen molar-refractivity contribution in [2.45, 2.75) is 12.1 Å². The number of nitrogens with zero attached hydrogens (tertiary/aromatic N) is 2. The monoisotopic (exact) mass is 250 g/mol. The van der Waals surface area contributed by atoms with Crippen LogP contribution in [0, 0.1) is 6.92 Å². The van der Waals surface area contributed by atoms with Gasteiger partial charge in [-0.25, -0.2) is 0 Å². The summed E-state index contributed by atoms with van der Waals surface area (Å²) in [6.07, 6.45) is 0. The van der Waals surface area contributed by atoms with Crippen LogP contribution in [0.15, 0.2) is 34.0 Å². The first-order chi connectivity index (χ1) is 8.15. The number of aliphatic carboxylic acids is 1. The maximum Gasteiger partial charge on any atom is 0.314 e. The topological polar surface area (TPSA) is 76.2 Å². The molecule has 0 saturated carbocycles. The van der Waals surface area contributed by atoms with Gasteiger partial charge in [0.1, 0.15) is 5.75 Å². The Bertz CT molecular complexity index is 539. The summed E-state index contributed by atoms with van der Waals surface area (Å²) < 4.78 is 4.95. The third-order valence-corrected chi connectivity index (χ3v) is 2.81. The van der Waals surface area contributed by atoms with Crippen molar-refractivity contribution in [1.29, 1.82) is 0 Å². The number of thioether (sulfide) groups is 1. The molecule has 0 radical (unpaired) electrons. The number of benzene rings is 1. The Hall–Kier alpha value is -1.82. The highest BCUT2D eigenvalue weighted by molar-refractivity contribution is 7.99. The van der Waals surface area contributed by atoms with E-state index in [0.717, 1.165) is 22.9 Å². The quantitative estimate of drug-likeness (QED) is 0.838. The number of hydrogen-bond donors (Lipinski definition) is 1. The van der Waals surface area contributed by atoms with Crippen LogP contribution in [-0.4, -0.2) is 27.0 Å². The van der Waals surface area contributed by atoms with Gasteiger partial charge >= 0.3 is 5.97 Å². The molecule has 1 heterocycles. The summed E-state index contributed by atoms with van der Waals surface area (Å²) in [6.45, 7) is 1.98. The molecule has 1 aromatic carbocycles. The Kier molecular flexibility index (Phi) is 3.43. The smallest absolute Gasteiger partial charge is 0.314 e. The van der Waals surface area contributed by atoms with Crippen LogP contribution in [-0.2, 0) is 4.79 Å². The van der Waals surface area contributed by atoms with Crippen LogP contribution in [0.1, 0.15) is 5.56 Å². The van der Waals surface area contributed by atoms with Gasteiger partial charge in [-0.1, -0.05) is 40.7 Å². The number of carboxylic acid groups (broad SMARTS) is 1. The zero-order valence-electron chi connectivity index (χ0n) is 9.08. The Balaban J connectivity index is 2.15. The van der Waals surface area contributed by atoms with Gasteiger partial charge in [-0.2, -0.15) is 4.98 Å².